The van der Waals surface area contributed by atoms with Gasteiger partial charge >= 0.3 is 0 Å². The molecule has 0 aromatic heterocycles. The van der Waals surface area contributed by atoms with Gasteiger partial charge in [0.1, 0.15) is 0 Å². The number of thiocarbonyl (C=S) groups is 1. The van der Waals surface area contributed by atoms with Gasteiger partial charge in [-0.3, -0.25) is 9.59 Å². The van der Waals surface area contributed by atoms with Gasteiger partial charge in [0.2, 0.25) is 11.8 Å². The fourth-order valence-corrected chi connectivity index (χ4v) is 2.00. The molecule has 0 aliphatic heterocycles. The number of nitrogens with two attached hydrogens (primary N) is 1. The van der Waals surface area contributed by atoms with Crippen LogP contribution in [0.3, 0.4) is 0 Å². The molecule has 4 N–H and O–H groups in total. The molecule has 0 aromatic rings. The topological polar surface area (TPSA) is 84.2 Å². The van der Waals surface area contributed by atoms with E-state index in [0.717, 1.165) is 6.42 Å². The molecule has 0 aliphatic carbocycles. The second-order valence-corrected chi connectivity index (χ2v) is 5.51. The molecule has 0 saturated carbocycles. The molecule has 0 radical (unpaired) electrons. The van der Waals surface area contributed by atoms with Gasteiger partial charge in [-0.15, -0.1) is 0 Å². The maximum absolute atomic E-state index is 11.9. The molecule has 0 aromatic carbocycles. The van der Waals surface area contributed by atoms with Gasteiger partial charge in [-0.05, 0) is 19.3 Å². The number of amides is 2. The Hall–Kier alpha value is -1.17. The minimum Gasteiger partial charge on any atom is -0.393 e. The van der Waals surface area contributed by atoms with Gasteiger partial charge in [0.15, 0.2) is 0 Å². The zero-order valence-corrected chi connectivity index (χ0v) is 13.0. The Kier molecular flexibility index (Phi) is 8.30. The van der Waals surface area contributed by atoms with Gasteiger partial charge in [0.25, 0.3) is 0 Å². The van der Waals surface area contributed by atoms with E-state index in [1.807, 2.05) is 27.7 Å². The first-order chi connectivity index (χ1) is 8.79. The first kappa shape index (κ1) is 17.8. The van der Waals surface area contributed by atoms with Crippen LogP contribution in [0.25, 0.3) is 0 Å². The van der Waals surface area contributed by atoms with Crippen LogP contribution in [-0.4, -0.2) is 29.4 Å². The van der Waals surface area contributed by atoms with Crippen LogP contribution in [0.15, 0.2) is 0 Å². The summed E-state index contributed by atoms with van der Waals surface area (Å²) in [6.07, 6.45) is 1.15. The van der Waals surface area contributed by atoms with E-state index in [0.29, 0.717) is 6.54 Å². The highest BCUT2D eigenvalue weighted by Crippen LogP contribution is 2.11. The van der Waals surface area contributed by atoms with E-state index in [9.17, 15) is 9.59 Å². The first-order valence-electron chi connectivity index (χ1n) is 6.65. The number of carbonyl (C=O) groups is 2. The zero-order valence-electron chi connectivity index (χ0n) is 12.2. The molecule has 2 unspecified atom stereocenters. The van der Waals surface area contributed by atoms with Crippen molar-refractivity contribution < 1.29 is 9.59 Å². The highest BCUT2D eigenvalue weighted by molar-refractivity contribution is 7.80. The highest BCUT2D eigenvalue weighted by Gasteiger charge is 2.24. The van der Waals surface area contributed by atoms with E-state index in [1.54, 1.807) is 0 Å². The highest BCUT2D eigenvalue weighted by atomic mass is 32.1. The van der Waals surface area contributed by atoms with Crippen molar-refractivity contribution in [3.05, 3.63) is 0 Å². The van der Waals surface area contributed by atoms with Crippen molar-refractivity contribution >= 4 is 29.0 Å². The molecule has 0 spiro atoms. The number of nitrogens with one attached hydrogen (secondary N) is 2. The quantitative estimate of drug-likeness (QED) is 0.581. The van der Waals surface area contributed by atoms with Gasteiger partial charge in [-0.25, -0.2) is 0 Å². The maximum atomic E-state index is 11.9. The average molecular weight is 287 g/mol. The smallest absolute Gasteiger partial charge is 0.230 e. The zero-order chi connectivity index (χ0) is 15.0. The summed E-state index contributed by atoms with van der Waals surface area (Å²) >= 11 is 4.88. The van der Waals surface area contributed by atoms with Crippen molar-refractivity contribution in [1.29, 1.82) is 0 Å². The lowest BCUT2D eigenvalue weighted by Crippen LogP contribution is -2.42. The monoisotopic (exact) mass is 287 g/mol. The van der Waals surface area contributed by atoms with Crippen molar-refractivity contribution in [2.45, 2.75) is 46.6 Å². The molecule has 2 atom stereocenters. The number of hydrogen-bond acceptors (Lipinski definition) is 3. The van der Waals surface area contributed by atoms with Gasteiger partial charge < -0.3 is 16.4 Å². The van der Waals surface area contributed by atoms with Crippen LogP contribution in [-0.2, 0) is 9.59 Å². The standard InChI is InChI=1S/C13H25N3O2S/c1-5-9(4)16-10(17)6-7-15-13(18)11(8(2)3)12(14)19/h8-9,11H,5-7H2,1-4H3,(H2,14,19)(H,15,18)(H,16,17). The Bertz CT molecular complexity index is 332. The normalized spacial score (nSPS) is 13.7. The molecule has 5 nitrogen and oxygen atoms in total. The van der Waals surface area contributed by atoms with Gasteiger partial charge in [0, 0.05) is 19.0 Å². The SMILES string of the molecule is CCC(C)NC(=O)CCNC(=O)C(C(N)=S)C(C)C. The Morgan fingerprint density at radius 2 is 1.84 bits per heavy atom. The van der Waals surface area contributed by atoms with Crippen LogP contribution in [0.2, 0.25) is 0 Å². The van der Waals surface area contributed by atoms with E-state index in [1.165, 1.54) is 0 Å². The van der Waals surface area contributed by atoms with E-state index >= 15 is 0 Å². The summed E-state index contributed by atoms with van der Waals surface area (Å²) in [6.45, 7) is 8.02. The lowest BCUT2D eigenvalue weighted by Gasteiger charge is -2.19. The minimum absolute atomic E-state index is 0.0476. The first-order valence-corrected chi connectivity index (χ1v) is 7.06. The molecule has 0 aliphatic rings. The van der Waals surface area contributed by atoms with Crippen LogP contribution < -0.4 is 16.4 Å². The number of carbonyl (C=O) groups excluding carboxylic acids is 2. The Labute approximate surface area is 120 Å². The summed E-state index contributed by atoms with van der Waals surface area (Å²) in [5.41, 5.74) is 5.55. The number of rotatable bonds is 8. The molecule has 2 amide bonds. The van der Waals surface area contributed by atoms with Crippen LogP contribution in [0.1, 0.15) is 40.5 Å². The minimum atomic E-state index is -0.479. The van der Waals surface area contributed by atoms with Crippen molar-refractivity contribution in [1.82, 2.24) is 10.6 Å². The summed E-state index contributed by atoms with van der Waals surface area (Å²) in [7, 11) is 0. The van der Waals surface area contributed by atoms with Crippen molar-refractivity contribution in [3.8, 4) is 0 Å². The van der Waals surface area contributed by atoms with Crippen LogP contribution >= 0.6 is 12.2 Å². The van der Waals surface area contributed by atoms with Crippen molar-refractivity contribution in [2.75, 3.05) is 6.54 Å². The summed E-state index contributed by atoms with van der Waals surface area (Å²) in [5, 5.41) is 5.54. The summed E-state index contributed by atoms with van der Waals surface area (Å²) in [4.78, 5) is 23.6. The Balaban J connectivity index is 4.09. The third-order valence-electron chi connectivity index (χ3n) is 2.93. The summed E-state index contributed by atoms with van der Waals surface area (Å²) in [5.74, 6) is -0.705. The molecular weight excluding hydrogens is 262 g/mol. The Morgan fingerprint density at radius 1 is 1.26 bits per heavy atom. The molecule has 0 rings (SSSR count). The van der Waals surface area contributed by atoms with Gasteiger partial charge in [-0.2, -0.15) is 0 Å². The molecule has 110 valence electrons. The molecule has 19 heavy (non-hydrogen) atoms. The largest absolute Gasteiger partial charge is 0.393 e. The molecule has 0 bridgehead atoms. The lowest BCUT2D eigenvalue weighted by molar-refractivity contribution is -0.124. The van der Waals surface area contributed by atoms with Crippen LogP contribution in [0.5, 0.6) is 0 Å². The third kappa shape index (κ3) is 7.10. The second kappa shape index (κ2) is 8.85. The molecule has 0 heterocycles. The fraction of sp³-hybridized carbons (Fsp3) is 0.769. The van der Waals surface area contributed by atoms with Crippen molar-refractivity contribution in [3.63, 3.8) is 0 Å². The molecule has 0 fully saturated rings. The number of hydrogen-bond donors (Lipinski definition) is 3. The van der Waals surface area contributed by atoms with Gasteiger partial charge in [0.05, 0.1) is 10.9 Å². The molecular formula is C13H25N3O2S. The van der Waals surface area contributed by atoms with Crippen LogP contribution in [0.4, 0.5) is 0 Å². The molecule has 6 heteroatoms. The van der Waals surface area contributed by atoms with E-state index in [2.05, 4.69) is 10.6 Å². The average Bonchev–Trinajstić information content (AvgIpc) is 2.27. The van der Waals surface area contributed by atoms with Crippen LogP contribution in [0, 0.1) is 11.8 Å². The predicted molar refractivity (Wildman–Crippen MR) is 80.6 cm³/mol. The third-order valence-corrected chi connectivity index (χ3v) is 3.18. The Morgan fingerprint density at radius 3 is 2.26 bits per heavy atom. The summed E-state index contributed by atoms with van der Waals surface area (Å²) in [6, 6.07) is 0.156. The maximum Gasteiger partial charge on any atom is 0.230 e. The fourth-order valence-electron chi connectivity index (χ4n) is 1.62. The second-order valence-electron chi connectivity index (χ2n) is 5.04. The predicted octanol–water partition coefficient (Wildman–Crippen LogP) is 0.966. The summed E-state index contributed by atoms with van der Waals surface area (Å²) < 4.78 is 0. The lowest BCUT2D eigenvalue weighted by atomic mass is 9.95. The van der Waals surface area contributed by atoms with Gasteiger partial charge in [-0.1, -0.05) is 33.0 Å². The van der Waals surface area contributed by atoms with E-state index in [4.69, 9.17) is 18.0 Å². The molecule has 0 saturated heterocycles. The van der Waals surface area contributed by atoms with Crippen molar-refractivity contribution in [2.24, 2.45) is 17.6 Å². The van der Waals surface area contributed by atoms with E-state index < -0.39 is 5.92 Å². The van der Waals surface area contributed by atoms with E-state index in [-0.39, 0.29) is 35.2 Å².